The van der Waals surface area contributed by atoms with Crippen molar-refractivity contribution < 1.29 is 4.74 Å². The highest BCUT2D eigenvalue weighted by Gasteiger charge is 2.04. The van der Waals surface area contributed by atoms with E-state index >= 15 is 0 Å². The largest absolute Gasteiger partial charge is 0.497 e. The van der Waals surface area contributed by atoms with Gasteiger partial charge in [0.05, 0.1) is 7.11 Å². The van der Waals surface area contributed by atoms with E-state index in [-0.39, 0.29) is 0 Å². The van der Waals surface area contributed by atoms with Crippen LogP contribution in [0.1, 0.15) is 18.2 Å². The van der Waals surface area contributed by atoms with E-state index in [4.69, 9.17) is 4.74 Å². The molecule has 0 saturated heterocycles. The zero-order valence-electron chi connectivity index (χ0n) is 12.5. The third-order valence-electron chi connectivity index (χ3n) is 3.50. The molecule has 1 aromatic heterocycles. The van der Waals surface area contributed by atoms with E-state index in [1.165, 1.54) is 11.3 Å². The van der Waals surface area contributed by atoms with Crippen LogP contribution in [-0.2, 0) is 19.9 Å². The minimum Gasteiger partial charge on any atom is -0.497 e. The molecular weight excluding hydrogens is 250 g/mol. The van der Waals surface area contributed by atoms with Crippen molar-refractivity contribution in [1.82, 2.24) is 15.1 Å². The van der Waals surface area contributed by atoms with Gasteiger partial charge in [-0.25, -0.2) is 0 Å². The first kappa shape index (κ1) is 14.6. The van der Waals surface area contributed by atoms with Crippen molar-refractivity contribution in [2.75, 3.05) is 13.7 Å². The first-order chi connectivity index (χ1) is 9.69. The molecule has 0 amide bonds. The van der Waals surface area contributed by atoms with Gasteiger partial charge in [-0.15, -0.1) is 0 Å². The van der Waals surface area contributed by atoms with Crippen molar-refractivity contribution in [3.63, 3.8) is 0 Å². The fourth-order valence-corrected chi connectivity index (χ4v) is 2.28. The lowest BCUT2D eigenvalue weighted by atomic mass is 10.1. The average Bonchev–Trinajstić information content (AvgIpc) is 2.85. The number of aryl methyl sites for hydroxylation is 1. The van der Waals surface area contributed by atoms with Gasteiger partial charge in [0.2, 0.25) is 0 Å². The molecule has 0 bridgehead atoms. The molecule has 108 valence electrons. The monoisotopic (exact) mass is 273 g/mol. The molecule has 2 aromatic rings. The summed E-state index contributed by atoms with van der Waals surface area (Å²) in [6.45, 7) is 3.18. The Hall–Kier alpha value is -1.81. The number of hydrogen-bond acceptors (Lipinski definition) is 3. The molecule has 0 spiro atoms. The van der Waals surface area contributed by atoms with Crippen LogP contribution in [0, 0.1) is 0 Å². The van der Waals surface area contributed by atoms with Crippen LogP contribution in [0.4, 0.5) is 0 Å². The zero-order chi connectivity index (χ0) is 14.4. The number of aromatic nitrogens is 2. The van der Waals surface area contributed by atoms with Crippen LogP contribution in [-0.4, -0.2) is 29.5 Å². The van der Waals surface area contributed by atoms with Gasteiger partial charge in [0.1, 0.15) is 5.75 Å². The zero-order valence-corrected chi connectivity index (χ0v) is 12.5. The molecule has 0 radical (unpaired) electrons. The topological polar surface area (TPSA) is 39.1 Å². The Morgan fingerprint density at radius 3 is 2.60 bits per heavy atom. The van der Waals surface area contributed by atoms with Crippen molar-refractivity contribution in [3.8, 4) is 5.75 Å². The lowest BCUT2D eigenvalue weighted by Crippen LogP contribution is -2.30. The number of nitrogens with zero attached hydrogens (tertiary/aromatic N) is 2. The summed E-state index contributed by atoms with van der Waals surface area (Å²) in [5.74, 6) is 0.908. The molecular formula is C16H23N3O. The predicted molar refractivity (Wildman–Crippen MR) is 81.1 cm³/mol. The molecule has 4 nitrogen and oxygen atoms in total. The van der Waals surface area contributed by atoms with Crippen LogP contribution < -0.4 is 10.1 Å². The fourth-order valence-electron chi connectivity index (χ4n) is 2.28. The standard InChI is InChI=1S/C16H23N3O/c1-13(12-14-4-6-16(20-3)7-5-14)17-10-8-15-9-11-18-19(15)2/h4-7,9,11,13,17H,8,10,12H2,1-3H3. The van der Waals surface area contributed by atoms with Gasteiger partial charge in [0, 0.05) is 37.9 Å². The fraction of sp³-hybridized carbons (Fsp3) is 0.438. The molecule has 1 unspecified atom stereocenters. The van der Waals surface area contributed by atoms with E-state index < -0.39 is 0 Å². The quantitative estimate of drug-likeness (QED) is 0.840. The molecule has 1 N–H and O–H groups in total. The van der Waals surface area contributed by atoms with Crippen LogP contribution in [0.5, 0.6) is 5.75 Å². The molecule has 20 heavy (non-hydrogen) atoms. The lowest BCUT2D eigenvalue weighted by molar-refractivity contribution is 0.414. The van der Waals surface area contributed by atoms with E-state index in [0.29, 0.717) is 6.04 Å². The van der Waals surface area contributed by atoms with Gasteiger partial charge in [-0.3, -0.25) is 4.68 Å². The third kappa shape index (κ3) is 4.10. The minimum absolute atomic E-state index is 0.455. The molecule has 0 fully saturated rings. The van der Waals surface area contributed by atoms with Gasteiger partial charge in [0.15, 0.2) is 0 Å². The van der Waals surface area contributed by atoms with Crippen molar-refractivity contribution in [2.24, 2.45) is 7.05 Å². The molecule has 1 heterocycles. The molecule has 1 aromatic carbocycles. The lowest BCUT2D eigenvalue weighted by Gasteiger charge is -2.14. The SMILES string of the molecule is COc1ccc(CC(C)NCCc2ccnn2C)cc1. The summed E-state index contributed by atoms with van der Waals surface area (Å²) in [5.41, 5.74) is 2.58. The average molecular weight is 273 g/mol. The van der Waals surface area contributed by atoms with Gasteiger partial charge in [-0.1, -0.05) is 12.1 Å². The second-order valence-corrected chi connectivity index (χ2v) is 5.10. The smallest absolute Gasteiger partial charge is 0.118 e. The highest BCUT2D eigenvalue weighted by atomic mass is 16.5. The molecule has 0 aliphatic carbocycles. The number of benzene rings is 1. The van der Waals surface area contributed by atoms with Crippen LogP contribution in [0.2, 0.25) is 0 Å². The van der Waals surface area contributed by atoms with Crippen LogP contribution >= 0.6 is 0 Å². The van der Waals surface area contributed by atoms with Gasteiger partial charge < -0.3 is 10.1 Å². The Balaban J connectivity index is 1.74. The first-order valence-corrected chi connectivity index (χ1v) is 7.02. The van der Waals surface area contributed by atoms with E-state index in [1.54, 1.807) is 7.11 Å². The first-order valence-electron chi connectivity index (χ1n) is 7.02. The van der Waals surface area contributed by atoms with Crippen LogP contribution in [0.3, 0.4) is 0 Å². The van der Waals surface area contributed by atoms with Crippen LogP contribution in [0.15, 0.2) is 36.5 Å². The second-order valence-electron chi connectivity index (χ2n) is 5.10. The van der Waals surface area contributed by atoms with Gasteiger partial charge in [0.25, 0.3) is 0 Å². The maximum atomic E-state index is 5.17. The summed E-state index contributed by atoms with van der Waals surface area (Å²) in [7, 11) is 3.67. The third-order valence-corrected chi connectivity index (χ3v) is 3.50. The number of hydrogen-bond donors (Lipinski definition) is 1. The minimum atomic E-state index is 0.455. The van der Waals surface area contributed by atoms with Gasteiger partial charge in [-0.05, 0) is 37.1 Å². The Kier molecular flexibility index (Phi) is 5.18. The number of methoxy groups -OCH3 is 1. The summed E-state index contributed by atoms with van der Waals surface area (Å²) in [6.07, 6.45) is 3.87. The van der Waals surface area contributed by atoms with Gasteiger partial charge >= 0.3 is 0 Å². The normalized spacial score (nSPS) is 12.3. The Morgan fingerprint density at radius 2 is 2.00 bits per heavy atom. The van der Waals surface area contributed by atoms with Gasteiger partial charge in [-0.2, -0.15) is 5.10 Å². The molecule has 1 atom stereocenters. The van der Waals surface area contributed by atoms with Crippen molar-refractivity contribution in [1.29, 1.82) is 0 Å². The molecule has 0 aliphatic heterocycles. The van der Waals surface area contributed by atoms with Crippen LogP contribution in [0.25, 0.3) is 0 Å². The van der Waals surface area contributed by atoms with E-state index in [2.05, 4.69) is 35.5 Å². The van der Waals surface area contributed by atoms with Crippen molar-refractivity contribution in [3.05, 3.63) is 47.8 Å². The summed E-state index contributed by atoms with van der Waals surface area (Å²) < 4.78 is 7.09. The number of rotatable bonds is 7. The number of nitrogens with one attached hydrogen (secondary N) is 1. The molecule has 0 aliphatic rings. The maximum Gasteiger partial charge on any atom is 0.118 e. The molecule has 4 heteroatoms. The van der Waals surface area contributed by atoms with Crippen molar-refractivity contribution >= 4 is 0 Å². The van der Waals surface area contributed by atoms with Crippen molar-refractivity contribution in [2.45, 2.75) is 25.8 Å². The summed E-state index contributed by atoms with van der Waals surface area (Å²) in [6, 6.07) is 10.8. The van der Waals surface area contributed by atoms with E-state index in [9.17, 15) is 0 Å². The van der Waals surface area contributed by atoms with E-state index in [1.807, 2.05) is 30.1 Å². The maximum absolute atomic E-state index is 5.17. The summed E-state index contributed by atoms with van der Waals surface area (Å²) >= 11 is 0. The Morgan fingerprint density at radius 1 is 1.25 bits per heavy atom. The number of ether oxygens (including phenoxy) is 1. The molecule has 0 saturated carbocycles. The molecule has 2 rings (SSSR count). The predicted octanol–water partition coefficient (Wildman–Crippen LogP) is 2.19. The Labute approximate surface area is 120 Å². The second kappa shape index (κ2) is 7.10. The Bertz CT molecular complexity index is 519. The highest BCUT2D eigenvalue weighted by Crippen LogP contribution is 2.12. The highest BCUT2D eigenvalue weighted by molar-refractivity contribution is 5.27. The summed E-state index contributed by atoms with van der Waals surface area (Å²) in [5, 5.41) is 7.73. The van der Waals surface area contributed by atoms with E-state index in [0.717, 1.165) is 25.1 Å². The summed E-state index contributed by atoms with van der Waals surface area (Å²) in [4.78, 5) is 0.